The third-order valence-corrected chi connectivity index (χ3v) is 4.72. The maximum absolute atomic E-state index is 12.6. The monoisotopic (exact) mass is 339 g/mol. The second-order valence-electron chi connectivity index (χ2n) is 5.20. The van der Waals surface area contributed by atoms with Crippen molar-refractivity contribution in [2.45, 2.75) is 24.9 Å². The van der Waals surface area contributed by atoms with E-state index in [1.54, 1.807) is 6.20 Å². The minimum atomic E-state index is -4.39. The molecule has 9 heteroatoms. The van der Waals surface area contributed by atoms with Gasteiger partial charge in [0.1, 0.15) is 11.9 Å². The molecule has 0 radical (unpaired) electrons. The average Bonchev–Trinajstić information content (AvgIpc) is 3.05. The molecule has 1 fully saturated rings. The normalized spacial score (nSPS) is 16.3. The van der Waals surface area contributed by atoms with Crippen molar-refractivity contribution in [1.29, 1.82) is 5.26 Å². The Hall–Kier alpha value is -2.21. The lowest BCUT2D eigenvalue weighted by atomic mass is 9.97. The summed E-state index contributed by atoms with van der Waals surface area (Å²) in [6.45, 7) is 1.30. The van der Waals surface area contributed by atoms with E-state index in [1.165, 1.54) is 6.20 Å². The van der Waals surface area contributed by atoms with Crippen molar-refractivity contribution < 1.29 is 13.2 Å². The fraction of sp³-hybridized carbons (Fsp3) is 0.429. The standard InChI is InChI=1S/C14H12F3N5S/c15-14(16,17)11-8-23-13(21-11)9-1-3-22(4-2-9)12-7-19-6-10(5-18)20-12/h6-9H,1-4H2. The maximum Gasteiger partial charge on any atom is 0.434 e. The Morgan fingerprint density at radius 2 is 1.96 bits per heavy atom. The fourth-order valence-corrected chi connectivity index (χ4v) is 3.52. The summed E-state index contributed by atoms with van der Waals surface area (Å²) in [4.78, 5) is 13.9. The summed E-state index contributed by atoms with van der Waals surface area (Å²) in [6.07, 6.45) is -0.00782. The van der Waals surface area contributed by atoms with Crippen molar-refractivity contribution in [2.75, 3.05) is 18.0 Å². The average molecular weight is 339 g/mol. The van der Waals surface area contributed by atoms with E-state index in [4.69, 9.17) is 5.26 Å². The molecule has 1 saturated heterocycles. The molecule has 0 N–H and O–H groups in total. The van der Waals surface area contributed by atoms with Gasteiger partial charge in [-0.1, -0.05) is 0 Å². The molecule has 0 saturated carbocycles. The van der Waals surface area contributed by atoms with E-state index in [1.807, 2.05) is 11.0 Å². The summed E-state index contributed by atoms with van der Waals surface area (Å²) >= 11 is 1.07. The minimum absolute atomic E-state index is 0.0273. The minimum Gasteiger partial charge on any atom is -0.355 e. The largest absolute Gasteiger partial charge is 0.434 e. The molecule has 0 bridgehead atoms. The van der Waals surface area contributed by atoms with E-state index in [2.05, 4.69) is 15.0 Å². The first-order valence-electron chi connectivity index (χ1n) is 6.97. The highest BCUT2D eigenvalue weighted by Gasteiger charge is 2.35. The van der Waals surface area contributed by atoms with Crippen molar-refractivity contribution in [3.8, 4) is 6.07 Å². The Labute approximate surface area is 134 Å². The van der Waals surface area contributed by atoms with Gasteiger partial charge in [-0.25, -0.2) is 9.97 Å². The molecular weight excluding hydrogens is 327 g/mol. The predicted molar refractivity (Wildman–Crippen MR) is 78.1 cm³/mol. The molecule has 0 amide bonds. The first-order valence-corrected chi connectivity index (χ1v) is 7.85. The fourth-order valence-electron chi connectivity index (χ4n) is 2.52. The number of hydrogen-bond donors (Lipinski definition) is 0. The van der Waals surface area contributed by atoms with Crippen LogP contribution in [-0.2, 0) is 6.18 Å². The molecular formula is C14H12F3N5S. The molecule has 23 heavy (non-hydrogen) atoms. The maximum atomic E-state index is 12.6. The Kier molecular flexibility index (Phi) is 4.17. The molecule has 0 atom stereocenters. The molecule has 5 nitrogen and oxygen atoms in total. The number of nitrogens with zero attached hydrogens (tertiary/aromatic N) is 5. The van der Waals surface area contributed by atoms with Gasteiger partial charge >= 0.3 is 6.18 Å². The zero-order valence-electron chi connectivity index (χ0n) is 11.9. The highest BCUT2D eigenvalue weighted by atomic mass is 32.1. The summed E-state index contributed by atoms with van der Waals surface area (Å²) in [6, 6.07) is 1.94. The first kappa shape index (κ1) is 15.7. The number of anilines is 1. The summed E-state index contributed by atoms with van der Waals surface area (Å²) in [7, 11) is 0. The zero-order valence-corrected chi connectivity index (χ0v) is 12.7. The van der Waals surface area contributed by atoms with Crippen LogP contribution >= 0.6 is 11.3 Å². The van der Waals surface area contributed by atoms with E-state index >= 15 is 0 Å². The van der Waals surface area contributed by atoms with Gasteiger partial charge in [0.15, 0.2) is 11.4 Å². The zero-order chi connectivity index (χ0) is 16.4. The molecule has 0 spiro atoms. The van der Waals surface area contributed by atoms with Crippen molar-refractivity contribution in [2.24, 2.45) is 0 Å². The van der Waals surface area contributed by atoms with Gasteiger partial charge in [-0.05, 0) is 12.8 Å². The van der Waals surface area contributed by atoms with Crippen LogP contribution in [0.25, 0.3) is 0 Å². The Bertz CT molecular complexity index is 728. The summed E-state index contributed by atoms with van der Waals surface area (Å²) in [5, 5.41) is 10.5. The molecule has 2 aromatic rings. The number of rotatable bonds is 2. The Morgan fingerprint density at radius 3 is 2.57 bits per heavy atom. The van der Waals surface area contributed by atoms with Crippen LogP contribution in [-0.4, -0.2) is 28.0 Å². The number of hydrogen-bond acceptors (Lipinski definition) is 6. The van der Waals surface area contributed by atoms with Crippen LogP contribution in [0.15, 0.2) is 17.8 Å². The molecule has 0 unspecified atom stereocenters. The number of aromatic nitrogens is 3. The molecule has 2 aromatic heterocycles. The van der Waals surface area contributed by atoms with Gasteiger partial charge in [0.05, 0.1) is 17.4 Å². The number of halogens is 3. The van der Waals surface area contributed by atoms with E-state index in [0.29, 0.717) is 36.8 Å². The molecule has 1 aliphatic heterocycles. The second-order valence-corrected chi connectivity index (χ2v) is 6.09. The topological polar surface area (TPSA) is 65.7 Å². The van der Waals surface area contributed by atoms with Gasteiger partial charge in [0.2, 0.25) is 0 Å². The lowest BCUT2D eigenvalue weighted by molar-refractivity contribution is -0.140. The third-order valence-electron chi connectivity index (χ3n) is 3.72. The van der Waals surface area contributed by atoms with Crippen LogP contribution in [0.5, 0.6) is 0 Å². The number of thiazole rings is 1. The van der Waals surface area contributed by atoms with E-state index < -0.39 is 11.9 Å². The van der Waals surface area contributed by atoms with E-state index in [9.17, 15) is 13.2 Å². The summed E-state index contributed by atoms with van der Waals surface area (Å²) in [5.74, 6) is 0.650. The van der Waals surface area contributed by atoms with Gasteiger partial charge in [-0.2, -0.15) is 18.4 Å². The molecule has 1 aliphatic rings. The Balaban J connectivity index is 1.66. The van der Waals surface area contributed by atoms with Crippen LogP contribution in [0.3, 0.4) is 0 Å². The van der Waals surface area contributed by atoms with Gasteiger partial charge in [0, 0.05) is 24.4 Å². The van der Waals surface area contributed by atoms with Gasteiger partial charge in [-0.3, -0.25) is 4.98 Å². The second kappa shape index (κ2) is 6.12. The summed E-state index contributed by atoms with van der Waals surface area (Å²) < 4.78 is 37.9. The molecule has 120 valence electrons. The van der Waals surface area contributed by atoms with E-state index in [0.717, 1.165) is 16.7 Å². The highest BCUT2D eigenvalue weighted by Crippen LogP contribution is 2.36. The lowest BCUT2D eigenvalue weighted by Gasteiger charge is -2.31. The molecule has 3 heterocycles. The third kappa shape index (κ3) is 3.42. The van der Waals surface area contributed by atoms with Crippen molar-refractivity contribution >= 4 is 17.2 Å². The molecule has 0 aromatic carbocycles. The van der Waals surface area contributed by atoms with Crippen molar-refractivity contribution in [3.63, 3.8) is 0 Å². The smallest absolute Gasteiger partial charge is 0.355 e. The van der Waals surface area contributed by atoms with Crippen LogP contribution in [0, 0.1) is 11.3 Å². The van der Waals surface area contributed by atoms with Crippen molar-refractivity contribution in [1.82, 2.24) is 15.0 Å². The van der Waals surface area contributed by atoms with Crippen molar-refractivity contribution in [3.05, 3.63) is 34.2 Å². The van der Waals surface area contributed by atoms with Gasteiger partial charge in [0.25, 0.3) is 0 Å². The van der Waals surface area contributed by atoms with Gasteiger partial charge in [-0.15, -0.1) is 11.3 Å². The Morgan fingerprint density at radius 1 is 1.22 bits per heavy atom. The van der Waals surface area contributed by atoms with Crippen LogP contribution in [0.2, 0.25) is 0 Å². The quantitative estimate of drug-likeness (QED) is 0.840. The van der Waals surface area contributed by atoms with Crippen LogP contribution < -0.4 is 4.90 Å². The number of alkyl halides is 3. The van der Waals surface area contributed by atoms with E-state index in [-0.39, 0.29) is 11.6 Å². The molecule has 0 aliphatic carbocycles. The number of nitriles is 1. The van der Waals surface area contributed by atoms with Gasteiger partial charge < -0.3 is 4.90 Å². The van der Waals surface area contributed by atoms with Crippen LogP contribution in [0.1, 0.15) is 35.2 Å². The van der Waals surface area contributed by atoms with Crippen LogP contribution in [0.4, 0.5) is 19.0 Å². The first-order chi connectivity index (χ1) is 11.0. The SMILES string of the molecule is N#Cc1cncc(N2CCC(c3nc(C(F)(F)F)cs3)CC2)n1. The lowest BCUT2D eigenvalue weighted by Crippen LogP contribution is -2.33. The summed E-state index contributed by atoms with van der Waals surface area (Å²) in [5.41, 5.74) is -0.563. The number of piperidine rings is 1. The predicted octanol–water partition coefficient (Wildman–Crippen LogP) is 3.21. The molecule has 3 rings (SSSR count). The highest BCUT2D eigenvalue weighted by molar-refractivity contribution is 7.09.